The highest BCUT2D eigenvalue weighted by Gasteiger charge is 2.19. The number of alkyl halides is 2. The maximum atomic E-state index is 13.6. The van der Waals surface area contributed by atoms with Gasteiger partial charge in [0.05, 0.1) is 15.9 Å². The lowest BCUT2D eigenvalue weighted by Crippen LogP contribution is -2.14. The number of nitrogens with zero attached hydrogens (tertiary/aromatic N) is 2. The van der Waals surface area contributed by atoms with E-state index >= 15 is 0 Å². The second kappa shape index (κ2) is 7.89. The maximum absolute atomic E-state index is 13.6. The number of carbonyl (C=O) groups excluding carboxylic acids is 1. The van der Waals surface area contributed by atoms with Crippen LogP contribution in [-0.4, -0.2) is 23.9 Å². The number of imidazole rings is 1. The van der Waals surface area contributed by atoms with Crippen molar-refractivity contribution in [1.82, 2.24) is 9.55 Å². The zero-order valence-corrected chi connectivity index (χ0v) is 16.7. The van der Waals surface area contributed by atoms with Gasteiger partial charge >= 0.3 is 6.55 Å². The van der Waals surface area contributed by atoms with Crippen molar-refractivity contribution in [3.63, 3.8) is 0 Å². The number of anilines is 1. The number of nitrogens with one attached hydrogen (secondary N) is 1. The van der Waals surface area contributed by atoms with Gasteiger partial charge in [-0.2, -0.15) is 8.78 Å². The predicted molar refractivity (Wildman–Crippen MR) is 112 cm³/mol. The number of nitrogens with two attached hydrogens (primary N) is 1. The molecule has 0 unspecified atom stereocenters. The van der Waals surface area contributed by atoms with Crippen LogP contribution in [0, 0.1) is 0 Å². The standard InChI is InChI=1S/C21H16F2N4O3S/c22-21(23)27-18-4-2-1-3-17(18)26-19(27)13-5-9-15(10-6-13)25-20(28)14-7-11-16(12-8-14)31(24,29)30/h1-12,21H,(H,25,28)(H2,24,29,30). The van der Waals surface area contributed by atoms with Gasteiger partial charge < -0.3 is 5.32 Å². The second-order valence-corrected chi connectivity index (χ2v) is 8.23. The summed E-state index contributed by atoms with van der Waals surface area (Å²) in [5, 5.41) is 7.70. The number of para-hydroxylation sites is 2. The summed E-state index contributed by atoms with van der Waals surface area (Å²) in [6.07, 6.45) is 0. The lowest BCUT2D eigenvalue weighted by Gasteiger charge is -2.09. The molecule has 0 fully saturated rings. The number of benzene rings is 3. The Morgan fingerprint density at radius 2 is 1.61 bits per heavy atom. The van der Waals surface area contributed by atoms with Gasteiger partial charge in [-0.1, -0.05) is 12.1 Å². The fourth-order valence-electron chi connectivity index (χ4n) is 3.15. The van der Waals surface area contributed by atoms with Crippen LogP contribution in [0.25, 0.3) is 22.4 Å². The first-order valence-corrected chi connectivity index (χ1v) is 10.6. The van der Waals surface area contributed by atoms with Gasteiger partial charge in [-0.25, -0.2) is 18.5 Å². The Labute approximate surface area is 176 Å². The average molecular weight is 442 g/mol. The van der Waals surface area contributed by atoms with E-state index < -0.39 is 22.5 Å². The molecule has 1 amide bonds. The highest BCUT2D eigenvalue weighted by Crippen LogP contribution is 2.30. The van der Waals surface area contributed by atoms with Crippen LogP contribution in [0.3, 0.4) is 0 Å². The number of sulfonamides is 1. The number of aromatic nitrogens is 2. The Bertz CT molecular complexity index is 1370. The Morgan fingerprint density at radius 1 is 0.968 bits per heavy atom. The minimum atomic E-state index is -3.85. The SMILES string of the molecule is NS(=O)(=O)c1ccc(C(=O)Nc2ccc(-c3nc4ccccc4n3C(F)F)cc2)cc1. The molecule has 1 aromatic heterocycles. The van der Waals surface area contributed by atoms with Crippen molar-refractivity contribution in [3.05, 3.63) is 78.4 Å². The third kappa shape index (κ3) is 4.16. The van der Waals surface area contributed by atoms with Crippen molar-refractivity contribution >= 4 is 32.7 Å². The molecule has 0 radical (unpaired) electrons. The van der Waals surface area contributed by atoms with Crippen molar-refractivity contribution < 1.29 is 22.0 Å². The summed E-state index contributed by atoms with van der Waals surface area (Å²) in [7, 11) is -3.85. The van der Waals surface area contributed by atoms with Crippen molar-refractivity contribution in [2.45, 2.75) is 11.4 Å². The summed E-state index contributed by atoms with van der Waals surface area (Å²) in [6.45, 7) is -2.76. The van der Waals surface area contributed by atoms with E-state index in [4.69, 9.17) is 5.14 Å². The van der Waals surface area contributed by atoms with Gasteiger partial charge in [0.2, 0.25) is 10.0 Å². The Balaban J connectivity index is 1.57. The summed E-state index contributed by atoms with van der Waals surface area (Å²) >= 11 is 0. The van der Waals surface area contributed by atoms with E-state index in [1.165, 1.54) is 24.3 Å². The van der Waals surface area contributed by atoms with Crippen molar-refractivity contribution in [3.8, 4) is 11.4 Å². The van der Waals surface area contributed by atoms with Gasteiger partial charge in [-0.15, -0.1) is 0 Å². The molecule has 31 heavy (non-hydrogen) atoms. The lowest BCUT2D eigenvalue weighted by atomic mass is 10.1. The highest BCUT2D eigenvalue weighted by atomic mass is 32.2. The van der Waals surface area contributed by atoms with E-state index in [0.29, 0.717) is 22.3 Å². The van der Waals surface area contributed by atoms with Crippen LogP contribution >= 0.6 is 0 Å². The number of halogens is 2. The molecule has 3 aromatic carbocycles. The van der Waals surface area contributed by atoms with E-state index in [9.17, 15) is 22.0 Å². The zero-order valence-electron chi connectivity index (χ0n) is 15.9. The highest BCUT2D eigenvalue weighted by molar-refractivity contribution is 7.89. The van der Waals surface area contributed by atoms with Crippen LogP contribution < -0.4 is 10.5 Å². The molecule has 1 heterocycles. The van der Waals surface area contributed by atoms with Crippen molar-refractivity contribution in [1.29, 1.82) is 0 Å². The molecule has 7 nitrogen and oxygen atoms in total. The number of hydrogen-bond acceptors (Lipinski definition) is 4. The van der Waals surface area contributed by atoms with Gasteiger partial charge in [-0.3, -0.25) is 9.36 Å². The van der Waals surface area contributed by atoms with Crippen LogP contribution in [0.4, 0.5) is 14.5 Å². The summed E-state index contributed by atoms with van der Waals surface area (Å²) < 4.78 is 50.7. The zero-order chi connectivity index (χ0) is 22.2. The monoisotopic (exact) mass is 442 g/mol. The Morgan fingerprint density at radius 3 is 2.23 bits per heavy atom. The number of hydrogen-bond donors (Lipinski definition) is 2. The molecular formula is C21H16F2N4O3S. The first-order valence-electron chi connectivity index (χ1n) is 9.04. The minimum Gasteiger partial charge on any atom is -0.322 e. The molecule has 158 valence electrons. The Hall–Kier alpha value is -3.63. The summed E-state index contributed by atoms with van der Waals surface area (Å²) in [5.41, 5.74) is 1.91. The molecular weight excluding hydrogens is 426 g/mol. The molecule has 0 atom stereocenters. The van der Waals surface area contributed by atoms with Gasteiger partial charge in [0.15, 0.2) is 0 Å². The quantitative estimate of drug-likeness (QED) is 0.487. The predicted octanol–water partition coefficient (Wildman–Crippen LogP) is 4.00. The van der Waals surface area contributed by atoms with Crippen LogP contribution in [0.2, 0.25) is 0 Å². The second-order valence-electron chi connectivity index (χ2n) is 6.67. The summed E-state index contributed by atoms with van der Waals surface area (Å²) in [5.74, 6) is -0.346. The molecule has 0 spiro atoms. The smallest absolute Gasteiger partial charge is 0.320 e. The van der Waals surface area contributed by atoms with Gasteiger partial charge in [-0.05, 0) is 60.7 Å². The number of amides is 1. The van der Waals surface area contributed by atoms with E-state index in [1.54, 1.807) is 48.5 Å². The summed E-state index contributed by atoms with van der Waals surface area (Å²) in [4.78, 5) is 16.6. The van der Waals surface area contributed by atoms with Gasteiger partial charge in [0.1, 0.15) is 5.82 Å². The number of fused-ring (bicyclic) bond motifs is 1. The third-order valence-corrected chi connectivity index (χ3v) is 5.57. The molecule has 0 aliphatic heterocycles. The number of rotatable bonds is 5. The average Bonchev–Trinajstić information content (AvgIpc) is 3.13. The normalized spacial score (nSPS) is 11.7. The topological polar surface area (TPSA) is 107 Å². The fourth-order valence-corrected chi connectivity index (χ4v) is 3.66. The minimum absolute atomic E-state index is 0.102. The summed E-state index contributed by atoms with van der Waals surface area (Å²) in [6, 6.07) is 18.1. The molecule has 0 aliphatic carbocycles. The van der Waals surface area contributed by atoms with Crippen molar-refractivity contribution in [2.75, 3.05) is 5.32 Å². The van der Waals surface area contributed by atoms with Crippen LogP contribution in [0.15, 0.2) is 77.7 Å². The van der Waals surface area contributed by atoms with Crippen molar-refractivity contribution in [2.24, 2.45) is 5.14 Å². The largest absolute Gasteiger partial charge is 0.322 e. The number of carbonyl (C=O) groups is 1. The first kappa shape index (κ1) is 20.6. The fraction of sp³-hybridized carbons (Fsp3) is 0.0476. The molecule has 0 aliphatic rings. The van der Waals surface area contributed by atoms with Gasteiger partial charge in [0, 0.05) is 16.8 Å². The molecule has 0 saturated carbocycles. The lowest BCUT2D eigenvalue weighted by molar-refractivity contribution is 0.0764. The van der Waals surface area contributed by atoms with Crippen LogP contribution in [0.5, 0.6) is 0 Å². The van der Waals surface area contributed by atoms with Gasteiger partial charge in [0.25, 0.3) is 5.91 Å². The molecule has 0 saturated heterocycles. The Kier molecular flexibility index (Phi) is 5.25. The van der Waals surface area contributed by atoms with Crippen LogP contribution in [0.1, 0.15) is 16.9 Å². The molecule has 0 bridgehead atoms. The first-order chi connectivity index (χ1) is 14.7. The molecule has 10 heteroatoms. The molecule has 4 aromatic rings. The number of primary sulfonamides is 1. The van der Waals surface area contributed by atoms with E-state index in [-0.39, 0.29) is 16.3 Å². The maximum Gasteiger partial charge on any atom is 0.320 e. The van der Waals surface area contributed by atoms with E-state index in [1.807, 2.05) is 0 Å². The van der Waals surface area contributed by atoms with Crippen LogP contribution in [-0.2, 0) is 10.0 Å². The van der Waals surface area contributed by atoms with E-state index in [0.717, 1.165) is 4.57 Å². The molecule has 3 N–H and O–H groups in total. The van der Waals surface area contributed by atoms with E-state index in [2.05, 4.69) is 10.3 Å². The molecule has 4 rings (SSSR count). The third-order valence-electron chi connectivity index (χ3n) is 4.64.